The fraction of sp³-hybridized carbons (Fsp3) is 0.192. The highest BCUT2D eigenvalue weighted by molar-refractivity contribution is 6.03. The molecule has 2 aliphatic heterocycles. The second-order valence-corrected chi connectivity index (χ2v) is 7.65. The zero-order valence-corrected chi connectivity index (χ0v) is 17.1. The molecular weight excluding hydrogens is 372 g/mol. The summed E-state index contributed by atoms with van der Waals surface area (Å²) in [6.45, 7) is 2.97. The van der Waals surface area contributed by atoms with Gasteiger partial charge in [-0.3, -0.25) is 0 Å². The van der Waals surface area contributed by atoms with E-state index in [-0.39, 0.29) is 0 Å². The molecule has 0 fully saturated rings. The molecule has 0 radical (unpaired) electrons. The third-order valence-electron chi connectivity index (χ3n) is 5.88. The van der Waals surface area contributed by atoms with Gasteiger partial charge in [-0.05, 0) is 43.5 Å². The van der Waals surface area contributed by atoms with Gasteiger partial charge in [0.2, 0.25) is 0 Å². The first kappa shape index (κ1) is 18.3. The summed E-state index contributed by atoms with van der Waals surface area (Å²) in [4.78, 5) is 2.31. The zero-order valence-electron chi connectivity index (χ0n) is 17.1. The molecule has 3 aromatic carbocycles. The van der Waals surface area contributed by atoms with E-state index in [1.807, 2.05) is 30.3 Å². The van der Waals surface area contributed by atoms with Crippen LogP contribution in [0.15, 0.2) is 66.4 Å². The van der Waals surface area contributed by atoms with Crippen molar-refractivity contribution in [2.75, 3.05) is 18.6 Å². The van der Waals surface area contributed by atoms with E-state index >= 15 is 0 Å². The Balaban J connectivity index is 1.86. The molecule has 4 nitrogen and oxygen atoms in total. The van der Waals surface area contributed by atoms with Crippen LogP contribution in [0.4, 0.5) is 5.69 Å². The first-order valence-electron chi connectivity index (χ1n) is 10.2. The van der Waals surface area contributed by atoms with Crippen molar-refractivity contribution in [3.05, 3.63) is 83.1 Å². The number of aryl methyl sites for hydroxylation is 1. The summed E-state index contributed by atoms with van der Waals surface area (Å²) in [7, 11) is 1.62. The van der Waals surface area contributed by atoms with Gasteiger partial charge in [-0.2, -0.15) is 5.26 Å². The summed E-state index contributed by atoms with van der Waals surface area (Å²) in [6.07, 6.45) is 5.77. The standard InChI is InChI=1S/C26H22N2O2/c1-17-9-11-19(12-10-17)28-14-5-6-18-13-15-30-26-21-8-4-3-7-20(21)25(29-2)22(16-27)23(26)24(18)28/h3-4,7-13,15H,5-6,14H2,1-2H3. The van der Waals surface area contributed by atoms with Crippen molar-refractivity contribution in [2.45, 2.75) is 19.8 Å². The fourth-order valence-corrected chi connectivity index (χ4v) is 4.50. The van der Waals surface area contributed by atoms with Crippen LogP contribution in [-0.2, 0) is 0 Å². The molecule has 2 aliphatic rings. The van der Waals surface area contributed by atoms with Crippen LogP contribution >= 0.6 is 0 Å². The Labute approximate surface area is 176 Å². The molecule has 0 amide bonds. The molecule has 0 atom stereocenters. The van der Waals surface area contributed by atoms with Crippen LogP contribution in [-0.4, -0.2) is 13.7 Å². The third-order valence-corrected chi connectivity index (χ3v) is 5.88. The summed E-state index contributed by atoms with van der Waals surface area (Å²) in [6, 6.07) is 18.9. The van der Waals surface area contributed by atoms with E-state index in [9.17, 15) is 5.26 Å². The number of methoxy groups -OCH3 is 1. The van der Waals surface area contributed by atoms with Crippen molar-refractivity contribution in [1.82, 2.24) is 0 Å². The van der Waals surface area contributed by atoms with Crippen LogP contribution in [0.3, 0.4) is 0 Å². The number of ether oxygens (including phenoxy) is 2. The quantitative estimate of drug-likeness (QED) is 0.539. The predicted octanol–water partition coefficient (Wildman–Crippen LogP) is 5.95. The zero-order chi connectivity index (χ0) is 20.7. The number of fused-ring (bicyclic) bond motifs is 4. The number of allylic oxidation sites excluding steroid dienone is 2. The lowest BCUT2D eigenvalue weighted by molar-refractivity contribution is 0.417. The van der Waals surface area contributed by atoms with Crippen LogP contribution in [0.25, 0.3) is 16.5 Å². The highest BCUT2D eigenvalue weighted by atomic mass is 16.5. The second-order valence-electron chi connectivity index (χ2n) is 7.65. The van der Waals surface area contributed by atoms with E-state index in [1.54, 1.807) is 13.4 Å². The van der Waals surface area contributed by atoms with Gasteiger partial charge in [0.15, 0.2) is 0 Å². The number of nitriles is 1. The van der Waals surface area contributed by atoms with Gasteiger partial charge in [0, 0.05) is 23.0 Å². The van der Waals surface area contributed by atoms with Crippen molar-refractivity contribution in [2.24, 2.45) is 0 Å². The number of nitrogens with zero attached hydrogens (tertiary/aromatic N) is 2. The van der Waals surface area contributed by atoms with Crippen LogP contribution < -0.4 is 14.4 Å². The highest BCUT2D eigenvalue weighted by Crippen LogP contribution is 2.48. The maximum atomic E-state index is 10.2. The topological polar surface area (TPSA) is 45.5 Å². The SMILES string of the molecule is COc1c(C#N)c2c(c3ccccc13)OC=CC1=C2N(c2ccc(C)cc2)CCC1. The van der Waals surface area contributed by atoms with E-state index in [4.69, 9.17) is 9.47 Å². The Morgan fingerprint density at radius 2 is 1.83 bits per heavy atom. The summed E-state index contributed by atoms with van der Waals surface area (Å²) in [5.74, 6) is 1.31. The van der Waals surface area contributed by atoms with Crippen molar-refractivity contribution in [3.8, 4) is 17.6 Å². The molecule has 2 heterocycles. The van der Waals surface area contributed by atoms with Gasteiger partial charge < -0.3 is 14.4 Å². The lowest BCUT2D eigenvalue weighted by atomic mass is 9.90. The minimum absolute atomic E-state index is 0.515. The van der Waals surface area contributed by atoms with E-state index in [0.717, 1.165) is 47.1 Å². The first-order chi connectivity index (χ1) is 14.7. The molecule has 0 spiro atoms. The smallest absolute Gasteiger partial charge is 0.145 e. The summed E-state index contributed by atoms with van der Waals surface area (Å²) < 4.78 is 11.9. The summed E-state index contributed by atoms with van der Waals surface area (Å²) >= 11 is 0. The fourth-order valence-electron chi connectivity index (χ4n) is 4.50. The van der Waals surface area contributed by atoms with E-state index in [0.29, 0.717) is 17.1 Å². The van der Waals surface area contributed by atoms with Crippen molar-refractivity contribution < 1.29 is 9.47 Å². The molecule has 5 rings (SSSR count). The predicted molar refractivity (Wildman–Crippen MR) is 120 cm³/mol. The average molecular weight is 394 g/mol. The molecule has 0 saturated carbocycles. The van der Waals surface area contributed by atoms with Crippen molar-refractivity contribution in [1.29, 1.82) is 5.26 Å². The van der Waals surface area contributed by atoms with Gasteiger partial charge in [0.1, 0.15) is 23.1 Å². The Morgan fingerprint density at radius 3 is 2.57 bits per heavy atom. The summed E-state index contributed by atoms with van der Waals surface area (Å²) in [5, 5.41) is 12.0. The number of benzene rings is 3. The van der Waals surface area contributed by atoms with Gasteiger partial charge in [-0.25, -0.2) is 0 Å². The average Bonchev–Trinajstić information content (AvgIpc) is 2.98. The maximum absolute atomic E-state index is 10.2. The Hall–Kier alpha value is -3.71. The minimum atomic E-state index is 0.515. The molecule has 4 heteroatoms. The Kier molecular flexibility index (Phi) is 4.44. The molecule has 0 N–H and O–H groups in total. The molecule has 0 aliphatic carbocycles. The number of anilines is 1. The van der Waals surface area contributed by atoms with Gasteiger partial charge in [0.05, 0.1) is 24.6 Å². The van der Waals surface area contributed by atoms with Crippen LogP contribution in [0.1, 0.15) is 29.5 Å². The van der Waals surface area contributed by atoms with Crippen LogP contribution in [0.2, 0.25) is 0 Å². The second kappa shape index (κ2) is 7.27. The monoisotopic (exact) mass is 394 g/mol. The largest absolute Gasteiger partial charge is 0.495 e. The van der Waals surface area contributed by atoms with E-state index < -0.39 is 0 Å². The molecular formula is C26H22N2O2. The van der Waals surface area contributed by atoms with Crippen LogP contribution in [0, 0.1) is 18.3 Å². The number of hydrogen-bond donors (Lipinski definition) is 0. The number of rotatable bonds is 2. The minimum Gasteiger partial charge on any atom is -0.495 e. The van der Waals surface area contributed by atoms with Crippen molar-refractivity contribution >= 4 is 22.2 Å². The Morgan fingerprint density at radius 1 is 1.07 bits per heavy atom. The maximum Gasteiger partial charge on any atom is 0.145 e. The molecule has 0 bridgehead atoms. The Bertz CT molecular complexity index is 1250. The normalized spacial score (nSPS) is 15.2. The number of hydrogen-bond acceptors (Lipinski definition) is 4. The van der Waals surface area contributed by atoms with Gasteiger partial charge >= 0.3 is 0 Å². The van der Waals surface area contributed by atoms with E-state index in [2.05, 4.69) is 42.2 Å². The molecule has 0 saturated heterocycles. The molecule has 30 heavy (non-hydrogen) atoms. The molecule has 0 aromatic heterocycles. The lowest BCUT2D eigenvalue weighted by Crippen LogP contribution is -2.28. The van der Waals surface area contributed by atoms with Gasteiger partial charge in [-0.1, -0.05) is 42.0 Å². The van der Waals surface area contributed by atoms with Crippen LogP contribution in [0.5, 0.6) is 11.5 Å². The molecule has 148 valence electrons. The molecule has 3 aromatic rings. The highest BCUT2D eigenvalue weighted by Gasteiger charge is 2.31. The van der Waals surface area contributed by atoms with E-state index in [1.165, 1.54) is 11.1 Å². The first-order valence-corrected chi connectivity index (χ1v) is 10.2. The third kappa shape index (κ3) is 2.74. The summed E-state index contributed by atoms with van der Waals surface area (Å²) in [5.41, 5.74) is 5.88. The van der Waals surface area contributed by atoms with Gasteiger partial charge in [-0.15, -0.1) is 0 Å². The van der Waals surface area contributed by atoms with Gasteiger partial charge in [0.25, 0.3) is 0 Å². The molecule has 0 unspecified atom stereocenters. The lowest BCUT2D eigenvalue weighted by Gasteiger charge is -2.34. The van der Waals surface area contributed by atoms with Crippen molar-refractivity contribution in [3.63, 3.8) is 0 Å².